The topological polar surface area (TPSA) is 40.6 Å². The Hall–Kier alpha value is -1.52. The second-order valence-electron chi connectivity index (χ2n) is 5.18. The molecule has 2 rings (SSSR count). The van der Waals surface area contributed by atoms with Crippen molar-refractivity contribution in [2.24, 2.45) is 0 Å². The highest BCUT2D eigenvalue weighted by Gasteiger charge is 2.18. The van der Waals surface area contributed by atoms with Crippen LogP contribution < -0.4 is 0 Å². The van der Waals surface area contributed by atoms with Crippen molar-refractivity contribution in [2.45, 2.75) is 13.3 Å². The van der Waals surface area contributed by atoms with Gasteiger partial charge in [-0.25, -0.2) is 0 Å². The molecular weight excluding hydrogens is 323 g/mol. The van der Waals surface area contributed by atoms with Crippen LogP contribution in [0.15, 0.2) is 24.3 Å². The highest BCUT2D eigenvalue weighted by molar-refractivity contribution is 6.34. The van der Waals surface area contributed by atoms with Gasteiger partial charge < -0.3 is 9.80 Å². The molecule has 22 heavy (non-hydrogen) atoms. The van der Waals surface area contributed by atoms with E-state index in [1.165, 1.54) is 6.08 Å². The molecule has 2 amide bonds. The smallest absolute Gasteiger partial charge is 0.246 e. The van der Waals surface area contributed by atoms with Crippen molar-refractivity contribution in [1.29, 1.82) is 0 Å². The highest BCUT2D eigenvalue weighted by atomic mass is 35.5. The van der Waals surface area contributed by atoms with Crippen LogP contribution in [0.2, 0.25) is 10.0 Å². The summed E-state index contributed by atoms with van der Waals surface area (Å²) < 4.78 is 0. The zero-order chi connectivity index (χ0) is 16.1. The Morgan fingerprint density at radius 3 is 2.50 bits per heavy atom. The van der Waals surface area contributed by atoms with Gasteiger partial charge in [0.2, 0.25) is 11.8 Å². The minimum absolute atomic E-state index is 0.0514. The molecule has 1 heterocycles. The zero-order valence-corrected chi connectivity index (χ0v) is 13.9. The van der Waals surface area contributed by atoms with Crippen LogP contribution in [-0.4, -0.2) is 47.8 Å². The van der Waals surface area contributed by atoms with Crippen LogP contribution in [0.5, 0.6) is 0 Å². The summed E-state index contributed by atoms with van der Waals surface area (Å²) in [5.74, 6) is -0.0306. The summed E-state index contributed by atoms with van der Waals surface area (Å²) in [5.41, 5.74) is 0.711. The van der Waals surface area contributed by atoms with E-state index in [1.807, 2.05) is 0 Å². The van der Waals surface area contributed by atoms with Crippen LogP contribution in [0.3, 0.4) is 0 Å². The Morgan fingerprint density at radius 1 is 1.09 bits per heavy atom. The molecule has 0 aliphatic carbocycles. The predicted octanol–water partition coefficient (Wildman–Crippen LogP) is 3.09. The van der Waals surface area contributed by atoms with Gasteiger partial charge in [-0.1, -0.05) is 23.2 Å². The first-order chi connectivity index (χ1) is 10.5. The van der Waals surface area contributed by atoms with Crippen LogP contribution in [0.25, 0.3) is 6.08 Å². The van der Waals surface area contributed by atoms with Gasteiger partial charge in [-0.15, -0.1) is 0 Å². The highest BCUT2D eigenvalue weighted by Crippen LogP contribution is 2.21. The zero-order valence-electron chi connectivity index (χ0n) is 12.4. The van der Waals surface area contributed by atoms with Gasteiger partial charge in [0.1, 0.15) is 0 Å². The molecule has 1 aromatic rings. The minimum atomic E-state index is -0.0820. The third-order valence-electron chi connectivity index (χ3n) is 3.62. The average Bonchev–Trinajstić information content (AvgIpc) is 2.74. The molecule has 1 saturated heterocycles. The molecule has 0 saturated carbocycles. The number of carbonyl (C=O) groups excluding carboxylic acids is 2. The first kappa shape index (κ1) is 16.8. The molecule has 0 bridgehead atoms. The Labute approximate surface area is 140 Å². The van der Waals surface area contributed by atoms with Crippen LogP contribution in [-0.2, 0) is 9.59 Å². The predicted molar refractivity (Wildman–Crippen MR) is 88.9 cm³/mol. The molecule has 4 nitrogen and oxygen atoms in total. The molecule has 118 valence electrons. The summed E-state index contributed by atoms with van der Waals surface area (Å²) in [7, 11) is 0. The van der Waals surface area contributed by atoms with Gasteiger partial charge in [-0.05, 0) is 36.3 Å². The standard InChI is InChI=1S/C16H18Cl2N2O2/c1-12(21)19-7-2-8-20(10-9-19)16(22)6-3-13-11-14(17)4-5-15(13)18/h3-6,11H,2,7-10H2,1H3/b6-3+. The SMILES string of the molecule is CC(=O)N1CCCN(C(=O)/C=C/c2cc(Cl)ccc2Cl)CC1. The molecule has 1 aromatic carbocycles. The first-order valence-corrected chi connectivity index (χ1v) is 7.90. The van der Waals surface area contributed by atoms with E-state index in [2.05, 4.69) is 0 Å². The summed E-state index contributed by atoms with van der Waals surface area (Å²) in [6.07, 6.45) is 3.96. The lowest BCUT2D eigenvalue weighted by atomic mass is 10.2. The van der Waals surface area contributed by atoms with E-state index < -0.39 is 0 Å². The number of carbonyl (C=O) groups is 2. The van der Waals surface area contributed by atoms with Crippen molar-refractivity contribution >= 4 is 41.1 Å². The second-order valence-corrected chi connectivity index (χ2v) is 6.03. The van der Waals surface area contributed by atoms with Crippen molar-refractivity contribution in [2.75, 3.05) is 26.2 Å². The lowest BCUT2D eigenvalue weighted by Crippen LogP contribution is -2.35. The number of halogens is 2. The number of hydrogen-bond donors (Lipinski definition) is 0. The van der Waals surface area contributed by atoms with Crippen LogP contribution in [0.4, 0.5) is 0 Å². The van der Waals surface area contributed by atoms with Gasteiger partial charge in [0.25, 0.3) is 0 Å². The third-order valence-corrected chi connectivity index (χ3v) is 4.20. The minimum Gasteiger partial charge on any atom is -0.341 e. The van der Waals surface area contributed by atoms with Gasteiger partial charge in [0, 0.05) is 49.2 Å². The Bertz CT molecular complexity index is 602. The molecule has 1 fully saturated rings. The van der Waals surface area contributed by atoms with Crippen LogP contribution >= 0.6 is 23.2 Å². The maximum Gasteiger partial charge on any atom is 0.246 e. The Kier molecular flexibility index (Phi) is 5.86. The van der Waals surface area contributed by atoms with Crippen LogP contribution in [0.1, 0.15) is 18.9 Å². The fraction of sp³-hybridized carbons (Fsp3) is 0.375. The van der Waals surface area contributed by atoms with Crippen LogP contribution in [0, 0.1) is 0 Å². The van der Waals surface area contributed by atoms with Gasteiger partial charge in [0.05, 0.1) is 0 Å². The van der Waals surface area contributed by atoms with E-state index in [1.54, 1.807) is 41.0 Å². The molecular formula is C16H18Cl2N2O2. The quantitative estimate of drug-likeness (QED) is 0.776. The fourth-order valence-corrected chi connectivity index (χ4v) is 2.72. The van der Waals surface area contributed by atoms with Gasteiger partial charge in [-0.3, -0.25) is 9.59 Å². The van der Waals surface area contributed by atoms with Gasteiger partial charge in [-0.2, -0.15) is 0 Å². The van der Waals surface area contributed by atoms with E-state index in [4.69, 9.17) is 23.2 Å². The second kappa shape index (κ2) is 7.65. The molecule has 0 N–H and O–H groups in total. The van der Waals surface area contributed by atoms with Crippen molar-refractivity contribution in [3.63, 3.8) is 0 Å². The number of rotatable bonds is 2. The van der Waals surface area contributed by atoms with Crippen molar-refractivity contribution in [1.82, 2.24) is 9.80 Å². The molecule has 0 aromatic heterocycles. The summed E-state index contributed by atoms with van der Waals surface area (Å²) in [6.45, 7) is 4.02. The number of hydrogen-bond acceptors (Lipinski definition) is 2. The molecule has 6 heteroatoms. The molecule has 0 radical (unpaired) electrons. The first-order valence-electron chi connectivity index (χ1n) is 7.15. The van der Waals surface area contributed by atoms with Gasteiger partial charge in [0.15, 0.2) is 0 Å². The van der Waals surface area contributed by atoms with Crippen molar-refractivity contribution in [3.05, 3.63) is 39.9 Å². The lowest BCUT2D eigenvalue weighted by molar-refractivity contribution is -0.130. The van der Waals surface area contributed by atoms with E-state index in [-0.39, 0.29) is 11.8 Å². The third kappa shape index (κ3) is 4.49. The van der Waals surface area contributed by atoms with E-state index in [0.717, 1.165) is 6.42 Å². The molecule has 1 aliphatic rings. The molecule has 0 unspecified atom stereocenters. The summed E-state index contributed by atoms with van der Waals surface area (Å²) in [6, 6.07) is 5.12. The fourth-order valence-electron chi connectivity index (χ4n) is 2.36. The number of benzene rings is 1. The maximum atomic E-state index is 12.3. The summed E-state index contributed by atoms with van der Waals surface area (Å²) in [4.78, 5) is 27.2. The van der Waals surface area contributed by atoms with E-state index in [0.29, 0.717) is 41.8 Å². The summed E-state index contributed by atoms with van der Waals surface area (Å²) in [5, 5.41) is 1.12. The number of amides is 2. The monoisotopic (exact) mass is 340 g/mol. The van der Waals surface area contributed by atoms with Gasteiger partial charge >= 0.3 is 0 Å². The maximum absolute atomic E-state index is 12.3. The lowest BCUT2D eigenvalue weighted by Gasteiger charge is -2.20. The molecule has 0 atom stereocenters. The average molecular weight is 341 g/mol. The van der Waals surface area contributed by atoms with E-state index >= 15 is 0 Å². The largest absolute Gasteiger partial charge is 0.341 e. The molecule has 1 aliphatic heterocycles. The van der Waals surface area contributed by atoms with Crippen molar-refractivity contribution < 1.29 is 9.59 Å². The Morgan fingerprint density at radius 2 is 1.77 bits per heavy atom. The van der Waals surface area contributed by atoms with Crippen molar-refractivity contribution in [3.8, 4) is 0 Å². The van der Waals surface area contributed by atoms with E-state index in [9.17, 15) is 9.59 Å². The molecule has 0 spiro atoms. The Balaban J connectivity index is 2.01. The number of nitrogens with zero attached hydrogens (tertiary/aromatic N) is 2. The summed E-state index contributed by atoms with van der Waals surface area (Å²) >= 11 is 12.0. The normalized spacial score (nSPS) is 16.0.